The molecule has 0 spiro atoms. The van der Waals surface area contributed by atoms with Crippen LogP contribution in [0.2, 0.25) is 0 Å². The zero-order chi connectivity index (χ0) is 24.7. The Morgan fingerprint density at radius 3 is 2.49 bits per heavy atom. The molecule has 1 aliphatic heterocycles. The molecule has 5 rings (SSSR count). The number of fused-ring (bicyclic) bond motifs is 3. The van der Waals surface area contributed by atoms with Crippen molar-refractivity contribution in [1.82, 2.24) is 9.78 Å². The van der Waals surface area contributed by atoms with Gasteiger partial charge in [0.2, 0.25) is 0 Å². The topological polar surface area (TPSA) is 21.7 Å². The second kappa shape index (κ2) is 9.56. The average Bonchev–Trinajstić information content (AvgIpc) is 3.64. The first kappa shape index (κ1) is 24.3. The number of benzene rings is 2. The minimum atomic E-state index is 0.174. The Labute approximate surface area is 212 Å². The Balaban J connectivity index is 1.59. The van der Waals surface area contributed by atoms with Gasteiger partial charge < -0.3 is 0 Å². The molecule has 1 aliphatic carbocycles. The maximum absolute atomic E-state index is 5.16. The van der Waals surface area contributed by atoms with E-state index in [2.05, 4.69) is 93.3 Å². The van der Waals surface area contributed by atoms with E-state index in [0.29, 0.717) is 5.92 Å². The predicted octanol–water partition coefficient (Wildman–Crippen LogP) is 7.83. The fourth-order valence-electron chi connectivity index (χ4n) is 6.55. The van der Waals surface area contributed by atoms with Crippen molar-refractivity contribution in [2.24, 2.45) is 11.8 Å². The van der Waals surface area contributed by atoms with Crippen LogP contribution in [0.15, 0.2) is 42.5 Å². The van der Waals surface area contributed by atoms with Gasteiger partial charge >= 0.3 is 0 Å². The van der Waals surface area contributed by atoms with Gasteiger partial charge in [0.1, 0.15) is 5.69 Å². The van der Waals surface area contributed by atoms with Crippen molar-refractivity contribution in [3.63, 3.8) is 0 Å². The lowest BCUT2D eigenvalue weighted by Crippen LogP contribution is -2.52. The number of aromatic nitrogens is 3. The molecule has 1 fully saturated rings. The first-order valence-electron chi connectivity index (χ1n) is 14.1. The fraction of sp³-hybridized carbons (Fsp3) is 0.562. The number of rotatable bonds is 9. The van der Waals surface area contributed by atoms with Gasteiger partial charge in [-0.05, 0) is 85.6 Å². The molecule has 2 atom stereocenters. The monoisotopic (exact) mass is 470 g/mol. The van der Waals surface area contributed by atoms with E-state index in [9.17, 15) is 0 Å². The molecular weight excluding hydrogens is 426 g/mol. The minimum absolute atomic E-state index is 0.174. The Kier molecular flexibility index (Phi) is 6.63. The Morgan fingerprint density at radius 1 is 1.06 bits per heavy atom. The van der Waals surface area contributed by atoms with Gasteiger partial charge in [-0.15, -0.1) is 0 Å². The molecule has 1 saturated carbocycles. The SMILES string of the molecule is CCCC(c1ccc(-n2nc(C)[n+]3c2-c2ccccc2C(CC)(CCC(C)C)C3)c(C)c1)C1CC1. The third-order valence-corrected chi connectivity index (χ3v) is 8.84. The summed E-state index contributed by atoms with van der Waals surface area (Å²) in [5.74, 6) is 4.70. The molecule has 0 N–H and O–H groups in total. The molecule has 0 amide bonds. The molecule has 2 unspecified atom stereocenters. The number of hydrogen-bond acceptors (Lipinski definition) is 1. The molecule has 3 heteroatoms. The third-order valence-electron chi connectivity index (χ3n) is 8.84. The van der Waals surface area contributed by atoms with Crippen LogP contribution in [0.3, 0.4) is 0 Å². The maximum Gasteiger partial charge on any atom is 0.275 e. The van der Waals surface area contributed by atoms with Crippen molar-refractivity contribution in [3.05, 3.63) is 65.0 Å². The summed E-state index contributed by atoms with van der Waals surface area (Å²) in [5.41, 5.74) is 7.12. The Morgan fingerprint density at radius 2 is 1.83 bits per heavy atom. The van der Waals surface area contributed by atoms with E-state index < -0.39 is 0 Å². The van der Waals surface area contributed by atoms with E-state index in [4.69, 9.17) is 5.10 Å². The van der Waals surface area contributed by atoms with Crippen molar-refractivity contribution in [3.8, 4) is 17.1 Å². The van der Waals surface area contributed by atoms with E-state index >= 15 is 0 Å². The second-order valence-corrected chi connectivity index (χ2v) is 11.8. The van der Waals surface area contributed by atoms with Crippen LogP contribution in [0.5, 0.6) is 0 Å². The molecule has 3 nitrogen and oxygen atoms in total. The molecule has 2 aliphatic rings. The zero-order valence-corrected chi connectivity index (χ0v) is 22.8. The fourth-order valence-corrected chi connectivity index (χ4v) is 6.55. The van der Waals surface area contributed by atoms with E-state index in [1.54, 1.807) is 0 Å². The molecule has 186 valence electrons. The van der Waals surface area contributed by atoms with Crippen molar-refractivity contribution in [1.29, 1.82) is 0 Å². The Hall–Kier alpha value is -2.42. The summed E-state index contributed by atoms with van der Waals surface area (Å²) < 4.78 is 4.74. The highest BCUT2D eigenvalue weighted by atomic mass is 15.4. The molecule has 3 aromatic rings. The molecule has 2 aromatic carbocycles. The standard InChI is InChI=1S/C32H44N3/c1-7-11-27(25-14-15-25)26-16-17-30(23(5)20-26)35-31-28-12-9-10-13-29(28)32(8-2,19-18-22(3)4)21-34(31)24(6)33-35/h9-10,12-13,16-17,20,22,25,27H,7-8,11,14-15,18-19,21H2,1-6H3/q+1. The normalized spacial score (nSPS) is 20.1. The van der Waals surface area contributed by atoms with Crippen LogP contribution in [0.25, 0.3) is 17.1 Å². The van der Waals surface area contributed by atoms with Crippen molar-refractivity contribution in [2.75, 3.05) is 0 Å². The third kappa shape index (κ3) is 4.36. The second-order valence-electron chi connectivity index (χ2n) is 11.8. The molecule has 35 heavy (non-hydrogen) atoms. The van der Waals surface area contributed by atoms with Crippen molar-refractivity contribution >= 4 is 0 Å². The van der Waals surface area contributed by atoms with E-state index in [1.807, 2.05) is 0 Å². The molecule has 2 heterocycles. The smallest absolute Gasteiger partial charge is 0.227 e. The van der Waals surface area contributed by atoms with E-state index in [-0.39, 0.29) is 5.41 Å². The molecule has 0 radical (unpaired) electrons. The van der Waals surface area contributed by atoms with Gasteiger partial charge in [0.05, 0.1) is 12.1 Å². The van der Waals surface area contributed by atoms with Crippen LogP contribution >= 0.6 is 0 Å². The van der Waals surface area contributed by atoms with Gasteiger partial charge in [-0.25, -0.2) is 4.57 Å². The average molecular weight is 471 g/mol. The van der Waals surface area contributed by atoms with Crippen LogP contribution in [0.1, 0.15) is 101 Å². The zero-order valence-electron chi connectivity index (χ0n) is 22.8. The largest absolute Gasteiger partial charge is 0.275 e. The van der Waals surface area contributed by atoms with Gasteiger partial charge in [-0.3, -0.25) is 0 Å². The molecule has 1 aromatic heterocycles. The summed E-state index contributed by atoms with van der Waals surface area (Å²) >= 11 is 0. The number of nitrogens with zero attached hydrogens (tertiary/aromatic N) is 3. The highest BCUT2D eigenvalue weighted by molar-refractivity contribution is 5.64. The molecule has 0 saturated heterocycles. The van der Waals surface area contributed by atoms with Gasteiger partial charge in [0, 0.05) is 17.4 Å². The van der Waals surface area contributed by atoms with Crippen LogP contribution in [0, 0.1) is 25.7 Å². The summed E-state index contributed by atoms with van der Waals surface area (Å²) in [7, 11) is 0. The first-order chi connectivity index (χ1) is 16.9. The number of hydrogen-bond donors (Lipinski definition) is 0. The summed E-state index contributed by atoms with van der Waals surface area (Å²) in [4.78, 5) is 0. The van der Waals surface area contributed by atoms with Crippen molar-refractivity contribution in [2.45, 2.75) is 104 Å². The van der Waals surface area contributed by atoms with Crippen LogP contribution in [-0.4, -0.2) is 9.78 Å². The van der Waals surface area contributed by atoms with Crippen molar-refractivity contribution < 1.29 is 4.57 Å². The van der Waals surface area contributed by atoms with Gasteiger partial charge in [0.25, 0.3) is 11.6 Å². The summed E-state index contributed by atoms with van der Waals surface area (Å²) in [6, 6.07) is 16.3. The molecular formula is C32H44N3+. The lowest BCUT2D eigenvalue weighted by Gasteiger charge is -2.37. The minimum Gasteiger partial charge on any atom is -0.227 e. The molecule has 0 bridgehead atoms. The van der Waals surface area contributed by atoms with Gasteiger partial charge in [-0.2, -0.15) is 0 Å². The lowest BCUT2D eigenvalue weighted by atomic mass is 9.70. The highest BCUT2D eigenvalue weighted by Crippen LogP contribution is 2.46. The summed E-state index contributed by atoms with van der Waals surface area (Å²) in [5, 5.41) is 5.16. The van der Waals surface area contributed by atoms with Gasteiger partial charge in [-0.1, -0.05) is 75.6 Å². The van der Waals surface area contributed by atoms with E-state index in [1.165, 1.54) is 72.3 Å². The lowest BCUT2D eigenvalue weighted by molar-refractivity contribution is -0.703. The van der Waals surface area contributed by atoms with Crippen LogP contribution in [-0.2, 0) is 12.0 Å². The van der Waals surface area contributed by atoms with E-state index in [0.717, 1.165) is 30.6 Å². The summed E-state index contributed by atoms with van der Waals surface area (Å²) in [6.07, 6.45) is 9.01. The van der Waals surface area contributed by atoms with Crippen LogP contribution < -0.4 is 4.57 Å². The first-order valence-corrected chi connectivity index (χ1v) is 14.1. The quantitative estimate of drug-likeness (QED) is 0.292. The van der Waals surface area contributed by atoms with Crippen LogP contribution in [0.4, 0.5) is 0 Å². The highest BCUT2D eigenvalue weighted by Gasteiger charge is 2.44. The number of aryl methyl sites for hydroxylation is 2. The maximum atomic E-state index is 5.16. The Bertz CT molecular complexity index is 1200. The summed E-state index contributed by atoms with van der Waals surface area (Å²) in [6.45, 7) is 14.9. The van der Waals surface area contributed by atoms with Gasteiger partial charge in [0.15, 0.2) is 0 Å². The predicted molar refractivity (Wildman–Crippen MR) is 145 cm³/mol.